The first-order valence-electron chi connectivity index (χ1n) is 5.14. The van der Waals surface area contributed by atoms with Crippen LogP contribution >= 0.6 is 31.9 Å². The van der Waals surface area contributed by atoms with Crippen molar-refractivity contribution in [1.82, 2.24) is 0 Å². The van der Waals surface area contributed by atoms with Crippen molar-refractivity contribution < 1.29 is 19.1 Å². The van der Waals surface area contributed by atoms with Gasteiger partial charge in [0, 0.05) is 0 Å². The average molecular weight is 358 g/mol. The Hall–Kier alpha value is -0.100. The number of rotatable bonds is 4. The van der Waals surface area contributed by atoms with Crippen LogP contribution in [0.25, 0.3) is 0 Å². The highest BCUT2D eigenvalue weighted by Gasteiger charge is 2.67. The van der Waals surface area contributed by atoms with Crippen molar-refractivity contribution >= 4 is 43.8 Å². The van der Waals surface area contributed by atoms with Crippen molar-refractivity contribution in [3.05, 3.63) is 0 Å². The molecule has 1 aliphatic rings. The van der Waals surface area contributed by atoms with E-state index in [0.717, 1.165) is 0 Å². The number of esters is 2. The maximum absolute atomic E-state index is 11.8. The van der Waals surface area contributed by atoms with Crippen molar-refractivity contribution in [3.63, 3.8) is 0 Å². The minimum Gasteiger partial charge on any atom is -0.465 e. The van der Waals surface area contributed by atoms with Crippen molar-refractivity contribution in [2.24, 2.45) is 0 Å². The monoisotopic (exact) mass is 356 g/mol. The molecular formula is C10H14Br2O4. The molecule has 0 spiro atoms. The maximum atomic E-state index is 11.8. The van der Waals surface area contributed by atoms with E-state index in [1.807, 2.05) is 0 Å². The number of alkyl halides is 2. The molecule has 2 unspecified atom stereocenters. The van der Waals surface area contributed by atoms with Crippen LogP contribution in [0.1, 0.15) is 26.7 Å². The van der Waals surface area contributed by atoms with E-state index in [-0.39, 0.29) is 13.2 Å². The molecule has 16 heavy (non-hydrogen) atoms. The second kappa shape index (κ2) is 5.04. The number of carbonyl (C=O) groups excluding carboxylic acids is 2. The highest BCUT2D eigenvalue weighted by molar-refractivity contribution is 9.13. The Morgan fingerprint density at radius 1 is 1.00 bits per heavy atom. The Bertz CT molecular complexity index is 277. The SMILES string of the molecule is CCOC(=O)C1(Br)CCC1(Br)C(=O)OCC. The molecule has 4 nitrogen and oxygen atoms in total. The Kier molecular flexibility index (Phi) is 4.40. The molecule has 1 saturated carbocycles. The molecule has 0 aromatic heterocycles. The molecule has 0 radical (unpaired) electrons. The third-order valence-electron chi connectivity index (χ3n) is 2.64. The van der Waals surface area contributed by atoms with Crippen LogP contribution in [0.15, 0.2) is 0 Å². The highest BCUT2D eigenvalue weighted by Crippen LogP contribution is 2.56. The molecule has 0 aromatic carbocycles. The molecule has 0 aliphatic heterocycles. The number of hydrogen-bond acceptors (Lipinski definition) is 4. The number of carbonyl (C=O) groups is 2. The fourth-order valence-electron chi connectivity index (χ4n) is 1.58. The third-order valence-corrected chi connectivity index (χ3v) is 5.97. The Morgan fingerprint density at radius 3 is 1.50 bits per heavy atom. The van der Waals surface area contributed by atoms with Crippen LogP contribution in [-0.4, -0.2) is 33.8 Å². The molecule has 0 heterocycles. The van der Waals surface area contributed by atoms with Gasteiger partial charge >= 0.3 is 11.9 Å². The average Bonchev–Trinajstić information content (AvgIpc) is 2.25. The Morgan fingerprint density at radius 2 is 1.31 bits per heavy atom. The maximum Gasteiger partial charge on any atom is 0.324 e. The van der Waals surface area contributed by atoms with Gasteiger partial charge in [-0.3, -0.25) is 9.59 Å². The van der Waals surface area contributed by atoms with Crippen LogP contribution < -0.4 is 0 Å². The summed E-state index contributed by atoms with van der Waals surface area (Å²) in [5.41, 5.74) is 0. The molecule has 0 aromatic rings. The molecule has 92 valence electrons. The van der Waals surface area contributed by atoms with E-state index in [1.165, 1.54) is 0 Å². The molecule has 0 saturated heterocycles. The van der Waals surface area contributed by atoms with E-state index >= 15 is 0 Å². The van der Waals surface area contributed by atoms with Crippen LogP contribution in [0.2, 0.25) is 0 Å². The van der Waals surface area contributed by atoms with Crippen LogP contribution in [0.3, 0.4) is 0 Å². The minimum absolute atomic E-state index is 0.290. The minimum atomic E-state index is -0.998. The van der Waals surface area contributed by atoms with Gasteiger partial charge in [-0.15, -0.1) is 0 Å². The number of halogens is 2. The Labute approximate surface area is 111 Å². The highest BCUT2D eigenvalue weighted by atomic mass is 79.9. The van der Waals surface area contributed by atoms with E-state index < -0.39 is 20.6 Å². The first-order valence-corrected chi connectivity index (χ1v) is 6.73. The molecule has 1 aliphatic carbocycles. The summed E-state index contributed by atoms with van der Waals surface area (Å²) >= 11 is 6.61. The fraction of sp³-hybridized carbons (Fsp3) is 0.800. The summed E-state index contributed by atoms with van der Waals surface area (Å²) in [4.78, 5) is 23.5. The fourth-order valence-corrected chi connectivity index (χ4v) is 2.93. The topological polar surface area (TPSA) is 52.6 Å². The number of ether oxygens (including phenoxy) is 2. The van der Waals surface area contributed by atoms with E-state index in [9.17, 15) is 9.59 Å². The van der Waals surface area contributed by atoms with Crippen molar-refractivity contribution in [2.45, 2.75) is 35.3 Å². The summed E-state index contributed by atoms with van der Waals surface area (Å²) in [5, 5.41) is 0. The van der Waals surface area contributed by atoms with Gasteiger partial charge in [0.25, 0.3) is 0 Å². The smallest absolute Gasteiger partial charge is 0.324 e. The summed E-state index contributed by atoms with van der Waals surface area (Å²) < 4.78 is 7.90. The number of hydrogen-bond donors (Lipinski definition) is 0. The predicted molar refractivity (Wildman–Crippen MR) is 65.8 cm³/mol. The van der Waals surface area contributed by atoms with E-state index in [2.05, 4.69) is 31.9 Å². The zero-order valence-electron chi connectivity index (χ0n) is 9.22. The van der Waals surface area contributed by atoms with Gasteiger partial charge in [0.15, 0.2) is 0 Å². The van der Waals surface area contributed by atoms with Crippen LogP contribution in [0, 0.1) is 0 Å². The summed E-state index contributed by atoms with van der Waals surface area (Å²) in [6, 6.07) is 0. The normalized spacial score (nSPS) is 32.8. The summed E-state index contributed by atoms with van der Waals surface area (Å²) in [6.07, 6.45) is 1.10. The van der Waals surface area contributed by atoms with Crippen molar-refractivity contribution in [3.8, 4) is 0 Å². The first kappa shape index (κ1) is 14.0. The summed E-state index contributed by atoms with van der Waals surface area (Å²) in [6.45, 7) is 4.04. The molecule has 1 fully saturated rings. The van der Waals surface area contributed by atoms with Gasteiger partial charge in [-0.1, -0.05) is 31.9 Å². The van der Waals surface area contributed by atoms with Crippen LogP contribution in [-0.2, 0) is 19.1 Å². The lowest BCUT2D eigenvalue weighted by Crippen LogP contribution is -2.64. The lowest BCUT2D eigenvalue weighted by Gasteiger charge is -2.47. The molecule has 0 amide bonds. The van der Waals surface area contributed by atoms with Crippen LogP contribution in [0.4, 0.5) is 0 Å². The lowest BCUT2D eigenvalue weighted by molar-refractivity contribution is -0.159. The van der Waals surface area contributed by atoms with Gasteiger partial charge in [-0.05, 0) is 26.7 Å². The Balaban J connectivity index is 2.82. The first-order chi connectivity index (χ1) is 7.42. The largest absolute Gasteiger partial charge is 0.465 e. The molecule has 6 heteroatoms. The van der Waals surface area contributed by atoms with Gasteiger partial charge in [0.2, 0.25) is 0 Å². The second-order valence-electron chi connectivity index (χ2n) is 3.54. The third kappa shape index (κ3) is 2.01. The van der Waals surface area contributed by atoms with Crippen molar-refractivity contribution in [2.75, 3.05) is 13.2 Å². The standard InChI is InChI=1S/C10H14Br2O4/c1-3-15-7(13)9(11)5-6-10(9,12)8(14)16-4-2/h3-6H2,1-2H3. The van der Waals surface area contributed by atoms with Gasteiger partial charge in [0.1, 0.15) is 8.65 Å². The van der Waals surface area contributed by atoms with E-state index in [4.69, 9.17) is 9.47 Å². The van der Waals surface area contributed by atoms with E-state index in [1.54, 1.807) is 13.8 Å². The zero-order valence-corrected chi connectivity index (χ0v) is 12.4. The van der Waals surface area contributed by atoms with Gasteiger partial charge in [-0.2, -0.15) is 0 Å². The van der Waals surface area contributed by atoms with Gasteiger partial charge < -0.3 is 9.47 Å². The summed E-state index contributed by atoms with van der Waals surface area (Å²) in [5.74, 6) is -0.850. The molecular weight excluding hydrogens is 344 g/mol. The predicted octanol–water partition coefficient (Wildman–Crippen LogP) is 2.17. The molecule has 1 rings (SSSR count). The molecule has 0 N–H and O–H groups in total. The quantitative estimate of drug-likeness (QED) is 0.571. The van der Waals surface area contributed by atoms with E-state index in [0.29, 0.717) is 12.8 Å². The molecule has 0 bridgehead atoms. The molecule has 2 atom stereocenters. The van der Waals surface area contributed by atoms with Gasteiger partial charge in [-0.25, -0.2) is 0 Å². The summed E-state index contributed by atoms with van der Waals surface area (Å²) in [7, 11) is 0. The van der Waals surface area contributed by atoms with Gasteiger partial charge in [0.05, 0.1) is 13.2 Å². The lowest BCUT2D eigenvalue weighted by atomic mass is 9.73. The van der Waals surface area contributed by atoms with Crippen molar-refractivity contribution in [1.29, 1.82) is 0 Å². The van der Waals surface area contributed by atoms with Crippen LogP contribution in [0.5, 0.6) is 0 Å². The zero-order chi connectivity index (χ0) is 12.4. The second-order valence-corrected chi connectivity index (χ2v) is 6.25.